The average Bonchev–Trinajstić information content (AvgIpc) is 2.40. The van der Waals surface area contributed by atoms with Crippen LogP contribution in [0.3, 0.4) is 0 Å². The molecule has 2 atom stereocenters. The number of nitrogens with zero attached hydrogens (tertiary/aromatic N) is 1. The molecular formula is C15H21BrN2O2. The van der Waals surface area contributed by atoms with Crippen LogP contribution in [-0.2, 0) is 6.42 Å². The first-order valence-corrected chi connectivity index (χ1v) is 7.94. The van der Waals surface area contributed by atoms with E-state index in [1.165, 1.54) is 6.42 Å². The van der Waals surface area contributed by atoms with E-state index in [0.29, 0.717) is 12.3 Å². The van der Waals surface area contributed by atoms with E-state index in [2.05, 4.69) is 22.9 Å². The van der Waals surface area contributed by atoms with Gasteiger partial charge in [-0.15, -0.1) is 0 Å². The van der Waals surface area contributed by atoms with Gasteiger partial charge in [0.25, 0.3) is 5.69 Å². The van der Waals surface area contributed by atoms with Gasteiger partial charge in [0.2, 0.25) is 0 Å². The quantitative estimate of drug-likeness (QED) is 0.659. The van der Waals surface area contributed by atoms with Crippen molar-refractivity contribution in [2.24, 2.45) is 11.7 Å². The van der Waals surface area contributed by atoms with Crippen LogP contribution in [0.5, 0.6) is 0 Å². The van der Waals surface area contributed by atoms with E-state index < -0.39 is 0 Å². The third-order valence-electron chi connectivity index (χ3n) is 4.35. The summed E-state index contributed by atoms with van der Waals surface area (Å²) in [5.74, 6) is 0.656. The van der Waals surface area contributed by atoms with Crippen LogP contribution in [0.25, 0.3) is 0 Å². The third kappa shape index (κ3) is 3.58. The number of hydrogen-bond acceptors (Lipinski definition) is 3. The minimum Gasteiger partial charge on any atom is -0.325 e. The highest BCUT2D eigenvalue weighted by Gasteiger charge is 2.34. The molecule has 110 valence electrons. The molecule has 1 saturated carbocycles. The fraction of sp³-hybridized carbons (Fsp3) is 0.600. The molecule has 0 radical (unpaired) electrons. The summed E-state index contributed by atoms with van der Waals surface area (Å²) in [7, 11) is 0. The van der Waals surface area contributed by atoms with Crippen LogP contribution < -0.4 is 5.73 Å². The average molecular weight is 341 g/mol. The lowest BCUT2D eigenvalue weighted by Gasteiger charge is -2.38. The van der Waals surface area contributed by atoms with Crippen LogP contribution in [0.2, 0.25) is 0 Å². The Kier molecular flexibility index (Phi) is 4.81. The van der Waals surface area contributed by atoms with Gasteiger partial charge in [0.15, 0.2) is 0 Å². The van der Waals surface area contributed by atoms with Crippen molar-refractivity contribution in [1.82, 2.24) is 0 Å². The van der Waals surface area contributed by atoms with Crippen LogP contribution in [-0.4, -0.2) is 10.5 Å². The molecule has 1 aromatic rings. The number of halogens is 1. The highest BCUT2D eigenvalue weighted by atomic mass is 79.9. The molecule has 0 heterocycles. The fourth-order valence-electron chi connectivity index (χ4n) is 3.27. The predicted octanol–water partition coefficient (Wildman–Crippen LogP) is 4.20. The number of nitrogens with two attached hydrogens (primary N) is 1. The van der Waals surface area contributed by atoms with Crippen LogP contribution in [0.15, 0.2) is 22.7 Å². The van der Waals surface area contributed by atoms with Crippen molar-refractivity contribution in [3.05, 3.63) is 38.3 Å². The molecule has 1 aromatic carbocycles. The predicted molar refractivity (Wildman–Crippen MR) is 83.7 cm³/mol. The topological polar surface area (TPSA) is 69.2 Å². The molecular weight excluding hydrogens is 320 g/mol. The molecule has 0 aliphatic heterocycles. The van der Waals surface area contributed by atoms with Crippen LogP contribution >= 0.6 is 15.9 Å². The molecule has 1 aliphatic rings. The number of benzene rings is 1. The lowest BCUT2D eigenvalue weighted by Crippen LogP contribution is -2.46. The lowest BCUT2D eigenvalue weighted by atomic mass is 9.72. The largest absolute Gasteiger partial charge is 0.325 e. The van der Waals surface area contributed by atoms with Crippen molar-refractivity contribution < 1.29 is 4.92 Å². The maximum Gasteiger partial charge on any atom is 0.273 e. The van der Waals surface area contributed by atoms with Gasteiger partial charge in [-0.1, -0.05) is 48.2 Å². The van der Waals surface area contributed by atoms with E-state index >= 15 is 0 Å². The summed E-state index contributed by atoms with van der Waals surface area (Å²) in [6, 6.07) is 5.25. The molecule has 0 amide bonds. The second-order valence-corrected chi connectivity index (χ2v) is 6.86. The highest BCUT2D eigenvalue weighted by Crippen LogP contribution is 2.36. The zero-order chi connectivity index (χ0) is 14.8. The summed E-state index contributed by atoms with van der Waals surface area (Å²) in [5.41, 5.74) is 7.15. The standard InChI is InChI=1S/C15H21BrN2O2/c1-2-11-4-3-7-15(17,9-11)10-12-5-6-13(16)8-14(12)18(19)20/h5-6,8,11H,2-4,7,9-10,17H2,1H3. The number of rotatable bonds is 4. The van der Waals surface area contributed by atoms with E-state index in [1.54, 1.807) is 6.07 Å². The third-order valence-corrected chi connectivity index (χ3v) is 4.84. The van der Waals surface area contributed by atoms with Gasteiger partial charge in [-0.3, -0.25) is 10.1 Å². The Balaban J connectivity index is 2.22. The van der Waals surface area contributed by atoms with E-state index in [0.717, 1.165) is 35.7 Å². The van der Waals surface area contributed by atoms with Gasteiger partial charge in [-0.25, -0.2) is 0 Å². The zero-order valence-corrected chi connectivity index (χ0v) is 13.4. The van der Waals surface area contributed by atoms with Gasteiger partial charge in [0, 0.05) is 21.6 Å². The number of nitro benzene ring substituents is 1. The van der Waals surface area contributed by atoms with Gasteiger partial charge in [0.05, 0.1) is 4.92 Å². The first-order chi connectivity index (χ1) is 9.43. The first kappa shape index (κ1) is 15.4. The van der Waals surface area contributed by atoms with Gasteiger partial charge in [0.1, 0.15) is 0 Å². The summed E-state index contributed by atoms with van der Waals surface area (Å²) in [5, 5.41) is 11.2. The minimum atomic E-state index is -0.316. The van der Waals surface area contributed by atoms with Gasteiger partial charge in [-0.05, 0) is 31.2 Å². The molecule has 2 rings (SSSR count). The molecule has 20 heavy (non-hydrogen) atoms. The normalized spacial score (nSPS) is 26.4. The van der Waals surface area contributed by atoms with Crippen molar-refractivity contribution >= 4 is 21.6 Å². The molecule has 1 fully saturated rings. The lowest BCUT2D eigenvalue weighted by molar-refractivity contribution is -0.385. The van der Waals surface area contributed by atoms with E-state index in [-0.39, 0.29) is 16.1 Å². The Labute approximate surface area is 128 Å². The fourth-order valence-corrected chi connectivity index (χ4v) is 3.62. The summed E-state index contributed by atoms with van der Waals surface area (Å²) >= 11 is 3.29. The first-order valence-electron chi connectivity index (χ1n) is 7.15. The van der Waals surface area contributed by atoms with E-state index in [1.807, 2.05) is 12.1 Å². The Hall–Kier alpha value is -0.940. The Morgan fingerprint density at radius 1 is 1.55 bits per heavy atom. The molecule has 0 aromatic heterocycles. The number of hydrogen-bond donors (Lipinski definition) is 1. The molecule has 1 aliphatic carbocycles. The summed E-state index contributed by atoms with van der Waals surface area (Å²) < 4.78 is 0.731. The maximum atomic E-state index is 11.2. The minimum absolute atomic E-state index is 0.169. The van der Waals surface area contributed by atoms with Crippen LogP contribution in [0.4, 0.5) is 5.69 Å². The van der Waals surface area contributed by atoms with Gasteiger partial charge >= 0.3 is 0 Å². The van der Waals surface area contributed by atoms with Crippen LogP contribution in [0, 0.1) is 16.0 Å². The summed E-state index contributed by atoms with van der Waals surface area (Å²) in [6.07, 6.45) is 6.01. The van der Waals surface area contributed by atoms with Crippen molar-refractivity contribution in [3.63, 3.8) is 0 Å². The molecule has 4 nitrogen and oxygen atoms in total. The monoisotopic (exact) mass is 340 g/mol. The molecule has 2 N–H and O–H groups in total. The molecule has 5 heteroatoms. The second kappa shape index (κ2) is 6.22. The Morgan fingerprint density at radius 3 is 2.95 bits per heavy atom. The van der Waals surface area contributed by atoms with Gasteiger partial charge < -0.3 is 5.73 Å². The van der Waals surface area contributed by atoms with E-state index in [9.17, 15) is 10.1 Å². The molecule has 0 spiro atoms. The zero-order valence-electron chi connectivity index (χ0n) is 11.8. The second-order valence-electron chi connectivity index (χ2n) is 5.94. The van der Waals surface area contributed by atoms with Crippen molar-refractivity contribution in [3.8, 4) is 0 Å². The molecule has 2 unspecified atom stereocenters. The summed E-state index contributed by atoms with van der Waals surface area (Å²) in [4.78, 5) is 10.9. The number of nitro groups is 1. The molecule has 0 saturated heterocycles. The Morgan fingerprint density at radius 2 is 2.30 bits per heavy atom. The van der Waals surface area contributed by atoms with Crippen LogP contribution in [0.1, 0.15) is 44.6 Å². The van der Waals surface area contributed by atoms with Crippen molar-refractivity contribution in [2.75, 3.05) is 0 Å². The SMILES string of the molecule is CCC1CCCC(N)(Cc2ccc(Br)cc2[N+](=O)[O-])C1. The van der Waals surface area contributed by atoms with Gasteiger partial charge in [-0.2, -0.15) is 0 Å². The maximum absolute atomic E-state index is 11.2. The Bertz CT molecular complexity index is 507. The van der Waals surface area contributed by atoms with Crippen molar-refractivity contribution in [1.29, 1.82) is 0 Å². The summed E-state index contributed by atoms with van der Waals surface area (Å²) in [6.45, 7) is 2.19. The highest BCUT2D eigenvalue weighted by molar-refractivity contribution is 9.10. The van der Waals surface area contributed by atoms with E-state index in [4.69, 9.17) is 5.73 Å². The van der Waals surface area contributed by atoms with Crippen molar-refractivity contribution in [2.45, 2.75) is 51.0 Å². The molecule has 0 bridgehead atoms. The smallest absolute Gasteiger partial charge is 0.273 e.